The molecule has 6 nitrogen and oxygen atoms in total. The van der Waals surface area contributed by atoms with Crippen molar-refractivity contribution in [1.82, 2.24) is 10.3 Å². The van der Waals surface area contributed by atoms with Gasteiger partial charge in [0.2, 0.25) is 5.91 Å². The second-order valence-electron chi connectivity index (χ2n) is 4.61. The Balaban J connectivity index is 2.42. The zero-order valence-electron chi connectivity index (χ0n) is 11.2. The van der Waals surface area contributed by atoms with E-state index in [2.05, 4.69) is 15.6 Å². The number of nitrogens with zero attached hydrogens (tertiary/aromatic N) is 2. The third kappa shape index (κ3) is 4.84. The summed E-state index contributed by atoms with van der Waals surface area (Å²) in [5, 5.41) is 14.6. The number of carbonyl (C=O) groups excluding carboxylic acids is 1. The first-order valence-corrected chi connectivity index (χ1v) is 6.19. The molecule has 0 aliphatic rings. The lowest BCUT2D eigenvalue weighted by Gasteiger charge is -2.10. The maximum atomic E-state index is 11.5. The zero-order valence-corrected chi connectivity index (χ0v) is 11.2. The maximum absolute atomic E-state index is 11.5. The van der Waals surface area contributed by atoms with Crippen LogP contribution in [0.25, 0.3) is 0 Å². The van der Waals surface area contributed by atoms with E-state index in [0.717, 1.165) is 0 Å². The van der Waals surface area contributed by atoms with Crippen molar-refractivity contribution < 1.29 is 4.79 Å². The molecule has 0 aromatic carbocycles. The van der Waals surface area contributed by atoms with Gasteiger partial charge in [-0.05, 0) is 12.0 Å². The predicted octanol–water partition coefficient (Wildman–Crippen LogP) is 1.11. The van der Waals surface area contributed by atoms with E-state index in [1.165, 1.54) is 6.20 Å². The monoisotopic (exact) mass is 261 g/mol. The van der Waals surface area contributed by atoms with Crippen molar-refractivity contribution in [3.8, 4) is 6.07 Å². The van der Waals surface area contributed by atoms with Crippen LogP contribution >= 0.6 is 0 Å². The number of nitrogens with one attached hydrogen (secondary N) is 2. The first-order chi connectivity index (χ1) is 9.04. The van der Waals surface area contributed by atoms with Gasteiger partial charge in [-0.15, -0.1) is 0 Å². The molecule has 6 heteroatoms. The van der Waals surface area contributed by atoms with Crippen LogP contribution in [0.4, 0.5) is 11.5 Å². The summed E-state index contributed by atoms with van der Waals surface area (Å²) < 4.78 is 0. The summed E-state index contributed by atoms with van der Waals surface area (Å²) in [5.74, 6) is 0.855. The number of rotatable bonds is 6. The van der Waals surface area contributed by atoms with E-state index < -0.39 is 0 Å². The molecule has 1 heterocycles. The summed E-state index contributed by atoms with van der Waals surface area (Å²) in [5.41, 5.74) is 6.45. The summed E-state index contributed by atoms with van der Waals surface area (Å²) in [7, 11) is 0. The number of nitrogens with two attached hydrogens (primary N) is 1. The topological polar surface area (TPSA) is 104 Å². The average molecular weight is 261 g/mol. The SMILES string of the molecule is CC(C)CNC(=O)CCNc1nccc(C#N)c1N. The lowest BCUT2D eigenvalue weighted by molar-refractivity contribution is -0.120. The minimum absolute atomic E-state index is 0.0174. The number of amides is 1. The molecule has 1 rings (SSSR count). The first kappa shape index (κ1) is 14.8. The predicted molar refractivity (Wildman–Crippen MR) is 74.3 cm³/mol. The third-order valence-electron chi connectivity index (χ3n) is 2.46. The normalized spacial score (nSPS) is 10.0. The molecule has 4 N–H and O–H groups in total. The number of aromatic nitrogens is 1. The number of nitrogen functional groups attached to an aromatic ring is 1. The Bertz CT molecular complexity index is 478. The van der Waals surface area contributed by atoms with Crippen molar-refractivity contribution in [3.63, 3.8) is 0 Å². The second kappa shape index (κ2) is 7.21. The van der Waals surface area contributed by atoms with E-state index in [1.807, 2.05) is 19.9 Å². The molecule has 0 aliphatic heterocycles. The van der Waals surface area contributed by atoms with E-state index in [4.69, 9.17) is 11.0 Å². The highest BCUT2D eigenvalue weighted by atomic mass is 16.1. The highest BCUT2D eigenvalue weighted by molar-refractivity contribution is 5.77. The molecule has 0 saturated heterocycles. The highest BCUT2D eigenvalue weighted by Gasteiger charge is 2.06. The third-order valence-corrected chi connectivity index (χ3v) is 2.46. The first-order valence-electron chi connectivity index (χ1n) is 6.19. The van der Waals surface area contributed by atoms with Crippen molar-refractivity contribution in [2.75, 3.05) is 24.1 Å². The summed E-state index contributed by atoms with van der Waals surface area (Å²) in [4.78, 5) is 15.5. The van der Waals surface area contributed by atoms with Crippen LogP contribution in [0, 0.1) is 17.2 Å². The molecule has 0 atom stereocenters. The van der Waals surface area contributed by atoms with Crippen molar-refractivity contribution in [1.29, 1.82) is 5.26 Å². The van der Waals surface area contributed by atoms with E-state index >= 15 is 0 Å². The van der Waals surface area contributed by atoms with E-state index in [-0.39, 0.29) is 5.91 Å². The molecule has 1 amide bonds. The largest absolute Gasteiger partial charge is 0.395 e. The Morgan fingerprint density at radius 2 is 2.32 bits per heavy atom. The molecule has 19 heavy (non-hydrogen) atoms. The van der Waals surface area contributed by atoms with Gasteiger partial charge in [0.15, 0.2) is 5.82 Å². The van der Waals surface area contributed by atoms with Crippen LogP contribution in [0.15, 0.2) is 12.3 Å². The van der Waals surface area contributed by atoms with Crippen LogP contribution in [0.3, 0.4) is 0 Å². The lowest BCUT2D eigenvalue weighted by Crippen LogP contribution is -2.28. The molecule has 102 valence electrons. The zero-order chi connectivity index (χ0) is 14.3. The summed E-state index contributed by atoms with van der Waals surface area (Å²) in [6.45, 7) is 5.17. The molecular formula is C13H19N5O. The average Bonchev–Trinajstić information content (AvgIpc) is 2.38. The van der Waals surface area contributed by atoms with Crippen molar-refractivity contribution in [2.24, 2.45) is 5.92 Å². The fourth-order valence-corrected chi connectivity index (χ4v) is 1.41. The Kier molecular flexibility index (Phi) is 5.61. The Labute approximate surface area is 113 Å². The van der Waals surface area contributed by atoms with Gasteiger partial charge in [0.05, 0.1) is 11.3 Å². The molecule has 0 unspecified atom stereocenters. The number of hydrogen-bond acceptors (Lipinski definition) is 5. The van der Waals surface area contributed by atoms with Gasteiger partial charge in [0.1, 0.15) is 6.07 Å². The van der Waals surface area contributed by atoms with Gasteiger partial charge >= 0.3 is 0 Å². The van der Waals surface area contributed by atoms with E-state index in [9.17, 15) is 4.79 Å². The number of hydrogen-bond donors (Lipinski definition) is 3. The standard InChI is InChI=1S/C13H19N5O/c1-9(2)8-18-11(19)4-6-17-13-12(15)10(7-14)3-5-16-13/h3,5,9H,4,6,8,15H2,1-2H3,(H,16,17)(H,18,19). The Hall–Kier alpha value is -2.29. The molecule has 0 aliphatic carbocycles. The van der Waals surface area contributed by atoms with Crippen LogP contribution in [0.2, 0.25) is 0 Å². The minimum Gasteiger partial charge on any atom is -0.395 e. The smallest absolute Gasteiger partial charge is 0.221 e. The van der Waals surface area contributed by atoms with Crippen LogP contribution in [0.1, 0.15) is 25.8 Å². The minimum atomic E-state index is -0.0174. The van der Waals surface area contributed by atoms with Gasteiger partial charge in [-0.3, -0.25) is 4.79 Å². The Morgan fingerprint density at radius 3 is 2.95 bits per heavy atom. The maximum Gasteiger partial charge on any atom is 0.221 e. The van der Waals surface area contributed by atoms with Crippen molar-refractivity contribution in [2.45, 2.75) is 20.3 Å². The number of carbonyl (C=O) groups is 1. The highest BCUT2D eigenvalue weighted by Crippen LogP contribution is 2.18. The van der Waals surface area contributed by atoms with Gasteiger partial charge in [0.25, 0.3) is 0 Å². The van der Waals surface area contributed by atoms with E-state index in [1.54, 1.807) is 6.07 Å². The molecule has 1 aromatic rings. The Morgan fingerprint density at radius 1 is 1.58 bits per heavy atom. The van der Waals surface area contributed by atoms with Crippen LogP contribution < -0.4 is 16.4 Å². The summed E-state index contributed by atoms with van der Waals surface area (Å²) >= 11 is 0. The summed E-state index contributed by atoms with van der Waals surface area (Å²) in [6, 6.07) is 3.53. The van der Waals surface area contributed by atoms with Crippen molar-refractivity contribution in [3.05, 3.63) is 17.8 Å². The van der Waals surface area contributed by atoms with Gasteiger partial charge in [-0.25, -0.2) is 4.98 Å². The summed E-state index contributed by atoms with van der Waals surface area (Å²) in [6.07, 6.45) is 1.85. The van der Waals surface area contributed by atoms with Gasteiger partial charge in [-0.2, -0.15) is 5.26 Å². The van der Waals surface area contributed by atoms with Crippen molar-refractivity contribution >= 4 is 17.4 Å². The molecular weight excluding hydrogens is 242 g/mol. The van der Waals surface area contributed by atoms with Crippen LogP contribution in [-0.2, 0) is 4.79 Å². The molecule has 0 bridgehead atoms. The van der Waals surface area contributed by atoms with E-state index in [0.29, 0.717) is 42.5 Å². The van der Waals surface area contributed by atoms with Gasteiger partial charge in [0, 0.05) is 25.7 Å². The number of pyridine rings is 1. The van der Waals surface area contributed by atoms with Crippen LogP contribution in [0.5, 0.6) is 0 Å². The van der Waals surface area contributed by atoms with Gasteiger partial charge < -0.3 is 16.4 Å². The van der Waals surface area contributed by atoms with Crippen LogP contribution in [-0.4, -0.2) is 24.0 Å². The molecule has 0 saturated carbocycles. The number of nitriles is 1. The number of anilines is 2. The molecule has 1 aromatic heterocycles. The van der Waals surface area contributed by atoms with Gasteiger partial charge in [-0.1, -0.05) is 13.8 Å². The molecule has 0 fully saturated rings. The quantitative estimate of drug-likeness (QED) is 0.711. The second-order valence-corrected chi connectivity index (χ2v) is 4.61. The lowest BCUT2D eigenvalue weighted by atomic mass is 10.2. The molecule has 0 spiro atoms. The fraction of sp³-hybridized carbons (Fsp3) is 0.462. The molecule has 0 radical (unpaired) electrons. The fourth-order valence-electron chi connectivity index (χ4n) is 1.41.